The third kappa shape index (κ3) is 1.97. The summed E-state index contributed by atoms with van der Waals surface area (Å²) in [6, 6.07) is 20.3. The molecule has 0 N–H and O–H groups in total. The molecule has 0 saturated carbocycles. The van der Waals surface area contributed by atoms with Crippen molar-refractivity contribution in [1.29, 1.82) is 0 Å². The van der Waals surface area contributed by atoms with Gasteiger partial charge in [-0.1, -0.05) is 77.1 Å². The largest absolute Gasteiger partial charge is 0.0616 e. The fourth-order valence-electron chi connectivity index (χ4n) is 4.10. The van der Waals surface area contributed by atoms with Gasteiger partial charge in [-0.2, -0.15) is 0 Å². The minimum Gasteiger partial charge on any atom is -0.0616 e. The molecule has 0 amide bonds. The first kappa shape index (κ1) is 14.5. The standard InChI is InChI=1S/C23H24/c1-22(2,3)18-11-8-12-19-21(18)17-13-15-9-6-7-10-16(15)14-20(17)23(19,4)5/h6-14H,1-5H3. The average Bonchev–Trinajstić information content (AvgIpc) is 2.73. The lowest BCUT2D eigenvalue weighted by Crippen LogP contribution is -2.17. The zero-order valence-corrected chi connectivity index (χ0v) is 14.7. The van der Waals surface area contributed by atoms with Gasteiger partial charge in [0.2, 0.25) is 0 Å². The van der Waals surface area contributed by atoms with Crippen LogP contribution >= 0.6 is 0 Å². The molecule has 3 aromatic rings. The van der Waals surface area contributed by atoms with Gasteiger partial charge in [0, 0.05) is 5.41 Å². The lowest BCUT2D eigenvalue weighted by Gasteiger charge is -2.25. The Morgan fingerprint density at radius 2 is 1.39 bits per heavy atom. The number of hydrogen-bond donors (Lipinski definition) is 0. The van der Waals surface area contributed by atoms with E-state index < -0.39 is 0 Å². The second kappa shape index (κ2) is 4.47. The topological polar surface area (TPSA) is 0 Å². The minimum atomic E-state index is 0.0654. The molecule has 0 aliphatic heterocycles. The van der Waals surface area contributed by atoms with Crippen molar-refractivity contribution in [3.05, 3.63) is 71.3 Å². The van der Waals surface area contributed by atoms with Gasteiger partial charge in [0.05, 0.1) is 0 Å². The van der Waals surface area contributed by atoms with E-state index in [1.807, 2.05) is 0 Å². The molecule has 1 aliphatic carbocycles. The van der Waals surface area contributed by atoms with Gasteiger partial charge in [-0.15, -0.1) is 0 Å². The molecule has 0 unspecified atom stereocenters. The third-order valence-electron chi connectivity index (χ3n) is 5.37. The molecule has 0 spiro atoms. The van der Waals surface area contributed by atoms with Gasteiger partial charge in [0.1, 0.15) is 0 Å². The van der Waals surface area contributed by atoms with Crippen LogP contribution in [0, 0.1) is 0 Å². The normalized spacial score (nSPS) is 15.5. The quantitative estimate of drug-likeness (QED) is 0.448. The van der Waals surface area contributed by atoms with Gasteiger partial charge < -0.3 is 0 Å². The summed E-state index contributed by atoms with van der Waals surface area (Å²) in [5, 5.41) is 2.67. The van der Waals surface area contributed by atoms with Crippen molar-refractivity contribution in [2.75, 3.05) is 0 Å². The van der Waals surface area contributed by atoms with Gasteiger partial charge in [-0.3, -0.25) is 0 Å². The summed E-state index contributed by atoms with van der Waals surface area (Å²) in [5.41, 5.74) is 7.49. The van der Waals surface area contributed by atoms with Gasteiger partial charge in [-0.05, 0) is 56.1 Å². The molecule has 0 radical (unpaired) electrons. The zero-order chi connectivity index (χ0) is 16.4. The Bertz CT molecular complexity index is 920. The monoisotopic (exact) mass is 300 g/mol. The molecule has 0 heteroatoms. The number of rotatable bonds is 0. The molecule has 0 heterocycles. The predicted molar refractivity (Wildman–Crippen MR) is 100 cm³/mol. The highest BCUT2D eigenvalue weighted by Gasteiger charge is 2.38. The van der Waals surface area contributed by atoms with Crippen LogP contribution in [0.1, 0.15) is 51.3 Å². The summed E-state index contributed by atoms with van der Waals surface area (Å²) in [6.45, 7) is 11.7. The van der Waals surface area contributed by atoms with Gasteiger partial charge >= 0.3 is 0 Å². The third-order valence-corrected chi connectivity index (χ3v) is 5.37. The van der Waals surface area contributed by atoms with Crippen LogP contribution in [0.3, 0.4) is 0 Å². The molecule has 1 aliphatic rings. The van der Waals surface area contributed by atoms with Crippen LogP contribution in [0.2, 0.25) is 0 Å². The highest BCUT2D eigenvalue weighted by molar-refractivity contribution is 5.94. The highest BCUT2D eigenvalue weighted by Crippen LogP contribution is 2.52. The van der Waals surface area contributed by atoms with E-state index in [-0.39, 0.29) is 10.8 Å². The summed E-state index contributed by atoms with van der Waals surface area (Å²) in [7, 11) is 0. The Kier molecular flexibility index (Phi) is 2.82. The van der Waals surface area contributed by atoms with Crippen molar-refractivity contribution in [3.63, 3.8) is 0 Å². The second-order valence-electron chi connectivity index (χ2n) is 8.35. The predicted octanol–water partition coefficient (Wildman–Crippen LogP) is 6.44. The van der Waals surface area contributed by atoms with E-state index in [0.29, 0.717) is 0 Å². The maximum absolute atomic E-state index is 2.40. The molecule has 116 valence electrons. The van der Waals surface area contributed by atoms with Crippen LogP contribution in [0.5, 0.6) is 0 Å². The van der Waals surface area contributed by atoms with Crippen LogP contribution in [0.15, 0.2) is 54.6 Å². The summed E-state index contributed by atoms with van der Waals surface area (Å²) in [5.74, 6) is 0. The maximum atomic E-state index is 2.40. The first-order valence-corrected chi connectivity index (χ1v) is 8.48. The van der Waals surface area contributed by atoms with E-state index in [2.05, 4.69) is 89.2 Å². The molecular weight excluding hydrogens is 276 g/mol. The van der Waals surface area contributed by atoms with E-state index in [1.54, 1.807) is 0 Å². The van der Waals surface area contributed by atoms with Crippen molar-refractivity contribution in [3.8, 4) is 11.1 Å². The molecule has 0 nitrogen and oxygen atoms in total. The van der Waals surface area contributed by atoms with Crippen LogP contribution < -0.4 is 0 Å². The molecule has 0 bridgehead atoms. The number of benzene rings is 3. The number of fused-ring (bicyclic) bond motifs is 4. The fourth-order valence-corrected chi connectivity index (χ4v) is 4.10. The Labute approximate surface area is 139 Å². The van der Waals surface area contributed by atoms with Crippen LogP contribution in [-0.2, 0) is 10.8 Å². The first-order valence-electron chi connectivity index (χ1n) is 8.48. The Morgan fingerprint density at radius 3 is 2.04 bits per heavy atom. The Hall–Kier alpha value is -2.08. The maximum Gasteiger partial charge on any atom is 0.0159 e. The van der Waals surface area contributed by atoms with E-state index in [0.717, 1.165) is 0 Å². The van der Waals surface area contributed by atoms with Crippen molar-refractivity contribution in [2.45, 2.75) is 45.4 Å². The fraction of sp³-hybridized carbons (Fsp3) is 0.304. The van der Waals surface area contributed by atoms with Crippen LogP contribution in [0.25, 0.3) is 21.9 Å². The SMILES string of the molecule is CC(C)(C)c1cccc2c1-c1cc3ccccc3cc1C2(C)C. The van der Waals surface area contributed by atoms with Gasteiger partial charge in [-0.25, -0.2) is 0 Å². The number of hydrogen-bond acceptors (Lipinski definition) is 0. The van der Waals surface area contributed by atoms with E-state index in [4.69, 9.17) is 0 Å². The van der Waals surface area contributed by atoms with Crippen molar-refractivity contribution in [1.82, 2.24) is 0 Å². The molecule has 0 atom stereocenters. The smallest absolute Gasteiger partial charge is 0.0159 e. The molecule has 23 heavy (non-hydrogen) atoms. The first-order chi connectivity index (χ1) is 10.8. The average molecular weight is 300 g/mol. The molecule has 0 fully saturated rings. The molecule has 4 rings (SSSR count). The summed E-state index contributed by atoms with van der Waals surface area (Å²) >= 11 is 0. The Morgan fingerprint density at radius 1 is 0.739 bits per heavy atom. The summed E-state index contributed by atoms with van der Waals surface area (Å²) < 4.78 is 0. The van der Waals surface area contributed by atoms with Gasteiger partial charge in [0.15, 0.2) is 0 Å². The van der Waals surface area contributed by atoms with Gasteiger partial charge in [0.25, 0.3) is 0 Å². The van der Waals surface area contributed by atoms with E-state index >= 15 is 0 Å². The molecule has 3 aromatic carbocycles. The zero-order valence-electron chi connectivity index (χ0n) is 14.7. The van der Waals surface area contributed by atoms with Crippen molar-refractivity contribution in [2.24, 2.45) is 0 Å². The van der Waals surface area contributed by atoms with E-state index in [9.17, 15) is 0 Å². The molecule has 0 saturated heterocycles. The van der Waals surface area contributed by atoms with Crippen molar-refractivity contribution < 1.29 is 0 Å². The molecule has 0 aromatic heterocycles. The lowest BCUT2D eigenvalue weighted by atomic mass is 9.79. The second-order valence-corrected chi connectivity index (χ2v) is 8.35. The highest BCUT2D eigenvalue weighted by atomic mass is 14.4. The Balaban J connectivity index is 2.14. The minimum absolute atomic E-state index is 0.0654. The van der Waals surface area contributed by atoms with Crippen LogP contribution in [-0.4, -0.2) is 0 Å². The summed E-state index contributed by atoms with van der Waals surface area (Å²) in [6.07, 6.45) is 0. The molecular formula is C23H24. The summed E-state index contributed by atoms with van der Waals surface area (Å²) in [4.78, 5) is 0. The van der Waals surface area contributed by atoms with Crippen LogP contribution in [0.4, 0.5) is 0 Å². The van der Waals surface area contributed by atoms with E-state index in [1.165, 1.54) is 38.6 Å². The lowest BCUT2D eigenvalue weighted by molar-refractivity contribution is 0.589. The van der Waals surface area contributed by atoms with Crippen molar-refractivity contribution >= 4 is 10.8 Å².